The smallest absolute Gasteiger partial charge is 0.155 e. The summed E-state index contributed by atoms with van der Waals surface area (Å²) in [7, 11) is 0. The van der Waals surface area contributed by atoms with Crippen molar-refractivity contribution in [2.45, 2.75) is 6.54 Å². The van der Waals surface area contributed by atoms with E-state index in [9.17, 15) is 4.39 Å². The van der Waals surface area contributed by atoms with E-state index in [1.54, 1.807) is 29.3 Å². The zero-order valence-electron chi connectivity index (χ0n) is 10.9. The molecule has 0 aliphatic carbocycles. The molecule has 1 N–H and O–H groups in total. The highest BCUT2D eigenvalue weighted by molar-refractivity contribution is 6.30. The van der Waals surface area contributed by atoms with Gasteiger partial charge in [-0.15, -0.1) is 0 Å². The molecule has 7 heteroatoms. The van der Waals surface area contributed by atoms with Crippen molar-refractivity contribution in [1.82, 2.24) is 19.7 Å². The van der Waals surface area contributed by atoms with Crippen molar-refractivity contribution in [3.8, 4) is 5.82 Å². The first-order chi connectivity index (χ1) is 10.2. The molecule has 0 atom stereocenters. The molecule has 5 nitrogen and oxygen atoms in total. The molecule has 0 saturated heterocycles. The molecular formula is C14H11ClFN5. The lowest BCUT2D eigenvalue weighted by Gasteiger charge is -2.07. The minimum absolute atomic E-state index is 0.119. The van der Waals surface area contributed by atoms with Crippen molar-refractivity contribution < 1.29 is 4.39 Å². The van der Waals surface area contributed by atoms with Gasteiger partial charge in [0.2, 0.25) is 0 Å². The average Bonchev–Trinajstić information content (AvgIpc) is 3.03. The monoisotopic (exact) mass is 303 g/mol. The number of anilines is 1. The Balaban J connectivity index is 1.66. The summed E-state index contributed by atoms with van der Waals surface area (Å²) in [6.45, 7) is 0.532. The maximum atomic E-state index is 13.1. The normalized spacial score (nSPS) is 10.6. The lowest BCUT2D eigenvalue weighted by atomic mass is 10.2. The number of nitrogens with one attached hydrogen (secondary N) is 1. The van der Waals surface area contributed by atoms with Crippen molar-refractivity contribution in [3.05, 3.63) is 65.6 Å². The van der Waals surface area contributed by atoms with Crippen molar-refractivity contribution in [1.29, 1.82) is 0 Å². The number of halogens is 2. The first kappa shape index (κ1) is 13.5. The van der Waals surface area contributed by atoms with Crippen LogP contribution in [0.3, 0.4) is 0 Å². The highest BCUT2D eigenvalue weighted by Crippen LogP contribution is 2.17. The topological polar surface area (TPSA) is 55.6 Å². The molecule has 0 radical (unpaired) electrons. The van der Waals surface area contributed by atoms with Crippen LogP contribution < -0.4 is 5.32 Å². The van der Waals surface area contributed by atoms with Crippen molar-refractivity contribution in [2.24, 2.45) is 0 Å². The van der Waals surface area contributed by atoms with Gasteiger partial charge in [0.25, 0.3) is 0 Å². The van der Waals surface area contributed by atoms with Gasteiger partial charge >= 0.3 is 0 Å². The standard InChI is InChI=1S/C14H11ClFN5/c15-12-5-10(1-3-13(12)16)6-18-11-2-4-14(19-7-11)21-9-17-8-20-21/h1-5,7-9,18H,6H2. The van der Waals surface area contributed by atoms with Crippen LogP contribution in [0.4, 0.5) is 10.1 Å². The number of hydrogen-bond acceptors (Lipinski definition) is 4. The van der Waals surface area contributed by atoms with Crippen LogP contribution in [0.2, 0.25) is 5.02 Å². The second-order valence-electron chi connectivity index (χ2n) is 4.35. The summed E-state index contributed by atoms with van der Waals surface area (Å²) in [5.41, 5.74) is 1.74. The lowest BCUT2D eigenvalue weighted by molar-refractivity contribution is 0.627. The molecule has 3 aromatic rings. The second kappa shape index (κ2) is 5.88. The molecule has 3 rings (SSSR count). The average molecular weight is 304 g/mol. The number of pyridine rings is 1. The molecule has 0 saturated carbocycles. The Bertz CT molecular complexity index is 728. The zero-order chi connectivity index (χ0) is 14.7. The van der Waals surface area contributed by atoms with Gasteiger partial charge in [-0.25, -0.2) is 19.0 Å². The van der Waals surface area contributed by atoms with Crippen molar-refractivity contribution in [2.75, 3.05) is 5.32 Å². The van der Waals surface area contributed by atoms with Crippen LogP contribution >= 0.6 is 11.6 Å². The largest absolute Gasteiger partial charge is 0.380 e. The maximum absolute atomic E-state index is 13.1. The Morgan fingerprint density at radius 3 is 2.81 bits per heavy atom. The molecule has 106 valence electrons. The molecular weight excluding hydrogens is 293 g/mol. The predicted octanol–water partition coefficient (Wildman–Crippen LogP) is 3.07. The molecule has 0 amide bonds. The van der Waals surface area contributed by atoms with Gasteiger partial charge in [0.1, 0.15) is 18.5 Å². The Labute approximate surface area is 125 Å². The van der Waals surface area contributed by atoms with Crippen molar-refractivity contribution >= 4 is 17.3 Å². The van der Waals surface area contributed by atoms with Crippen LogP contribution in [0.5, 0.6) is 0 Å². The van der Waals surface area contributed by atoms with E-state index in [0.717, 1.165) is 11.3 Å². The Morgan fingerprint density at radius 2 is 2.14 bits per heavy atom. The van der Waals surface area contributed by atoms with E-state index in [1.165, 1.54) is 12.4 Å². The fourth-order valence-electron chi connectivity index (χ4n) is 1.81. The van der Waals surface area contributed by atoms with Crippen LogP contribution in [-0.2, 0) is 6.54 Å². The van der Waals surface area contributed by atoms with Crippen molar-refractivity contribution in [3.63, 3.8) is 0 Å². The first-order valence-electron chi connectivity index (χ1n) is 6.21. The van der Waals surface area contributed by atoms with Crippen LogP contribution in [0.1, 0.15) is 5.56 Å². The number of benzene rings is 1. The highest BCUT2D eigenvalue weighted by atomic mass is 35.5. The second-order valence-corrected chi connectivity index (χ2v) is 4.75. The summed E-state index contributed by atoms with van der Waals surface area (Å²) < 4.78 is 14.6. The van der Waals surface area contributed by atoms with E-state index < -0.39 is 5.82 Å². The third-order valence-corrected chi connectivity index (χ3v) is 3.17. The van der Waals surface area contributed by atoms with E-state index in [4.69, 9.17) is 11.6 Å². The van der Waals surface area contributed by atoms with Gasteiger partial charge in [-0.3, -0.25) is 0 Å². The van der Waals surface area contributed by atoms with Crippen LogP contribution in [-0.4, -0.2) is 19.7 Å². The zero-order valence-corrected chi connectivity index (χ0v) is 11.6. The number of hydrogen-bond donors (Lipinski definition) is 1. The number of nitrogens with zero attached hydrogens (tertiary/aromatic N) is 4. The Morgan fingerprint density at radius 1 is 1.24 bits per heavy atom. The summed E-state index contributed by atoms with van der Waals surface area (Å²) in [5, 5.41) is 7.31. The molecule has 0 unspecified atom stereocenters. The van der Waals surface area contributed by atoms with E-state index >= 15 is 0 Å². The minimum Gasteiger partial charge on any atom is -0.380 e. The molecule has 0 aliphatic rings. The SMILES string of the molecule is Fc1ccc(CNc2ccc(-n3cncn3)nc2)cc1Cl. The van der Waals surface area contributed by atoms with Crippen LogP contribution in [0, 0.1) is 5.82 Å². The predicted molar refractivity (Wildman–Crippen MR) is 77.9 cm³/mol. The quantitative estimate of drug-likeness (QED) is 0.805. The van der Waals surface area contributed by atoms with Gasteiger partial charge in [-0.05, 0) is 29.8 Å². The van der Waals surface area contributed by atoms with E-state index in [0.29, 0.717) is 12.4 Å². The summed E-state index contributed by atoms with van der Waals surface area (Å²) >= 11 is 5.74. The maximum Gasteiger partial charge on any atom is 0.155 e. The van der Waals surface area contributed by atoms with E-state index in [-0.39, 0.29) is 5.02 Å². The van der Waals surface area contributed by atoms with Gasteiger partial charge in [0.15, 0.2) is 5.82 Å². The fraction of sp³-hybridized carbons (Fsp3) is 0.0714. The summed E-state index contributed by atoms with van der Waals surface area (Å²) in [5.74, 6) is 0.266. The molecule has 1 aromatic carbocycles. The minimum atomic E-state index is -0.417. The Kier molecular flexibility index (Phi) is 3.79. The highest BCUT2D eigenvalue weighted by Gasteiger charge is 2.02. The molecule has 0 aliphatic heterocycles. The lowest BCUT2D eigenvalue weighted by Crippen LogP contribution is -2.02. The number of rotatable bonds is 4. The van der Waals surface area contributed by atoms with Gasteiger partial charge in [0, 0.05) is 6.54 Å². The van der Waals surface area contributed by atoms with E-state index in [1.807, 2.05) is 12.1 Å². The molecule has 2 aromatic heterocycles. The summed E-state index contributed by atoms with van der Waals surface area (Å²) in [4.78, 5) is 8.14. The van der Waals surface area contributed by atoms with Gasteiger partial charge < -0.3 is 5.32 Å². The molecule has 0 spiro atoms. The van der Waals surface area contributed by atoms with Gasteiger partial charge in [-0.2, -0.15) is 5.10 Å². The summed E-state index contributed by atoms with van der Waals surface area (Å²) in [6.07, 6.45) is 4.73. The molecule has 0 fully saturated rings. The van der Waals surface area contributed by atoms with Gasteiger partial charge in [-0.1, -0.05) is 17.7 Å². The van der Waals surface area contributed by atoms with Crippen LogP contribution in [0.25, 0.3) is 5.82 Å². The van der Waals surface area contributed by atoms with Crippen LogP contribution in [0.15, 0.2) is 49.2 Å². The fourth-order valence-corrected chi connectivity index (χ4v) is 2.01. The van der Waals surface area contributed by atoms with Gasteiger partial charge in [0.05, 0.1) is 16.9 Å². The molecule has 0 bridgehead atoms. The summed E-state index contributed by atoms with van der Waals surface area (Å²) in [6, 6.07) is 8.35. The third-order valence-electron chi connectivity index (χ3n) is 2.88. The van der Waals surface area contributed by atoms with E-state index in [2.05, 4.69) is 20.4 Å². The molecule has 2 heterocycles. The number of aromatic nitrogens is 4. The molecule has 21 heavy (non-hydrogen) atoms. The first-order valence-corrected chi connectivity index (χ1v) is 6.59. The third kappa shape index (κ3) is 3.17. The Hall–Kier alpha value is -2.47.